The van der Waals surface area contributed by atoms with Gasteiger partial charge in [-0.3, -0.25) is 9.69 Å². The highest BCUT2D eigenvalue weighted by atomic mass is 32.2. The molecule has 5 rings (SSSR count). The van der Waals surface area contributed by atoms with Crippen LogP contribution >= 0.6 is 0 Å². The maximum Gasteiger partial charge on any atom is 0.419 e. The second-order valence-corrected chi connectivity index (χ2v) is 11.2. The maximum atomic E-state index is 13.5. The van der Waals surface area contributed by atoms with E-state index in [2.05, 4.69) is 0 Å². The summed E-state index contributed by atoms with van der Waals surface area (Å²) in [5.74, 6) is 0.333. The lowest BCUT2D eigenvalue weighted by Gasteiger charge is -2.40. The number of hydrogen-bond donors (Lipinski definition) is 0. The molecule has 0 fully saturated rings. The maximum absolute atomic E-state index is 13.5. The molecule has 4 aromatic carbocycles. The van der Waals surface area contributed by atoms with Crippen molar-refractivity contribution in [3.8, 4) is 16.9 Å². The molecule has 0 unspecified atom stereocenters. The van der Waals surface area contributed by atoms with Crippen LogP contribution < -0.4 is 14.5 Å². The van der Waals surface area contributed by atoms with E-state index in [1.54, 1.807) is 40.1 Å². The third kappa shape index (κ3) is 4.68. The Bertz CT molecular complexity index is 1620. The van der Waals surface area contributed by atoms with Gasteiger partial charge < -0.3 is 9.64 Å². The van der Waals surface area contributed by atoms with E-state index in [1.165, 1.54) is 6.92 Å². The quantitative estimate of drug-likeness (QED) is 0.352. The number of amides is 2. The zero-order valence-corrected chi connectivity index (χ0v) is 21.5. The van der Waals surface area contributed by atoms with Crippen molar-refractivity contribution in [2.75, 3.05) is 22.6 Å². The molecule has 7 nitrogen and oxygen atoms in total. The van der Waals surface area contributed by atoms with Crippen LogP contribution in [0.5, 0.6) is 5.75 Å². The molecule has 0 saturated heterocycles. The second-order valence-electron chi connectivity index (χ2n) is 9.19. The van der Waals surface area contributed by atoms with Gasteiger partial charge in [0.15, 0.2) is 9.84 Å². The highest BCUT2D eigenvalue weighted by molar-refractivity contribution is 7.90. The van der Waals surface area contributed by atoms with Crippen LogP contribution in [0.4, 0.5) is 16.2 Å². The predicted octanol–water partition coefficient (Wildman–Crippen LogP) is 5.67. The molecular formula is C29H26N2O5S. The normalized spacial score (nSPS) is 15.4. The molecule has 2 amide bonds. The summed E-state index contributed by atoms with van der Waals surface area (Å²) in [6.07, 6.45) is 0.620. The average Bonchev–Trinajstić information content (AvgIpc) is 2.87. The first kappa shape index (κ1) is 24.5. The summed E-state index contributed by atoms with van der Waals surface area (Å²) in [6.45, 7) is 3.65. The van der Waals surface area contributed by atoms with Crippen LogP contribution in [0.25, 0.3) is 21.9 Å². The lowest BCUT2D eigenvalue weighted by molar-refractivity contribution is -0.117. The van der Waals surface area contributed by atoms with Gasteiger partial charge in [0.1, 0.15) is 5.75 Å². The number of sulfone groups is 1. The van der Waals surface area contributed by atoms with Crippen molar-refractivity contribution in [1.82, 2.24) is 0 Å². The Kier molecular flexibility index (Phi) is 6.21. The monoisotopic (exact) mass is 514 g/mol. The summed E-state index contributed by atoms with van der Waals surface area (Å²) in [7, 11) is -3.32. The van der Waals surface area contributed by atoms with Crippen LogP contribution in [0.15, 0.2) is 89.8 Å². The van der Waals surface area contributed by atoms with E-state index in [0.717, 1.165) is 28.2 Å². The number of carbonyl (C=O) groups excluding carboxylic acids is 2. The Morgan fingerprint density at radius 2 is 1.54 bits per heavy atom. The van der Waals surface area contributed by atoms with Gasteiger partial charge in [0.2, 0.25) is 5.91 Å². The summed E-state index contributed by atoms with van der Waals surface area (Å²) < 4.78 is 29.6. The third-order valence-corrected chi connectivity index (χ3v) is 7.66. The first-order valence-electron chi connectivity index (χ1n) is 11.8. The Morgan fingerprint density at radius 1 is 0.865 bits per heavy atom. The van der Waals surface area contributed by atoms with E-state index in [0.29, 0.717) is 17.1 Å². The van der Waals surface area contributed by atoms with Crippen LogP contribution in [0.2, 0.25) is 0 Å². The second kappa shape index (κ2) is 9.37. The van der Waals surface area contributed by atoms with Crippen molar-refractivity contribution in [2.24, 2.45) is 0 Å². The number of nitrogens with zero attached hydrogens (tertiary/aromatic N) is 2. The van der Waals surface area contributed by atoms with Crippen LogP contribution in [-0.4, -0.2) is 39.3 Å². The van der Waals surface area contributed by atoms with Crippen LogP contribution in [0, 0.1) is 0 Å². The van der Waals surface area contributed by atoms with Crippen molar-refractivity contribution in [2.45, 2.75) is 24.8 Å². The SMILES string of the molecule is CC(=O)N1c2ccc(-c3ccc(S(C)(=O)=O)cc3)cc2N(C(=O)Oc2cccc3ccccc23)C[C@@H]1C. The van der Waals surface area contributed by atoms with Crippen LogP contribution in [-0.2, 0) is 14.6 Å². The molecule has 37 heavy (non-hydrogen) atoms. The molecule has 0 spiro atoms. The highest BCUT2D eigenvalue weighted by Crippen LogP contribution is 2.39. The number of hydrogen-bond acceptors (Lipinski definition) is 5. The lowest BCUT2D eigenvalue weighted by atomic mass is 10.0. The third-order valence-electron chi connectivity index (χ3n) is 6.54. The van der Waals surface area contributed by atoms with Gasteiger partial charge in [-0.25, -0.2) is 13.2 Å². The Labute approximate surface area is 215 Å². The van der Waals surface area contributed by atoms with E-state index >= 15 is 0 Å². The molecule has 188 valence electrons. The number of rotatable bonds is 3. The Hall–Kier alpha value is -4.17. The van der Waals surface area contributed by atoms with E-state index in [-0.39, 0.29) is 23.4 Å². The largest absolute Gasteiger partial charge is 0.419 e. The molecule has 8 heteroatoms. The van der Waals surface area contributed by atoms with Gasteiger partial charge in [-0.15, -0.1) is 0 Å². The number of anilines is 2. The molecule has 0 N–H and O–H groups in total. The molecule has 0 aromatic heterocycles. The molecule has 1 aliphatic heterocycles. The molecule has 1 atom stereocenters. The zero-order valence-electron chi connectivity index (χ0n) is 20.7. The van der Waals surface area contributed by atoms with Crippen molar-refractivity contribution >= 4 is 44.0 Å². The van der Waals surface area contributed by atoms with Crippen molar-refractivity contribution in [3.63, 3.8) is 0 Å². The van der Waals surface area contributed by atoms with Gasteiger partial charge in [-0.1, -0.05) is 54.6 Å². The van der Waals surface area contributed by atoms with Crippen LogP contribution in [0.1, 0.15) is 13.8 Å². The number of carbonyl (C=O) groups is 2. The minimum atomic E-state index is -3.32. The molecular weight excluding hydrogens is 488 g/mol. The van der Waals surface area contributed by atoms with Gasteiger partial charge >= 0.3 is 6.09 Å². The summed E-state index contributed by atoms with van der Waals surface area (Å²) in [4.78, 5) is 29.5. The molecule has 0 aliphatic carbocycles. The van der Waals surface area contributed by atoms with E-state index in [1.807, 2.05) is 61.5 Å². The Balaban J connectivity index is 1.55. The fourth-order valence-corrected chi connectivity index (χ4v) is 5.42. The molecule has 1 aliphatic rings. The minimum Gasteiger partial charge on any atom is -0.409 e. The first-order chi connectivity index (χ1) is 17.6. The van der Waals surface area contributed by atoms with Crippen molar-refractivity contribution < 1.29 is 22.7 Å². The van der Waals surface area contributed by atoms with Crippen molar-refractivity contribution in [1.29, 1.82) is 0 Å². The number of benzene rings is 4. The highest BCUT2D eigenvalue weighted by Gasteiger charge is 2.35. The van der Waals surface area contributed by atoms with E-state index in [4.69, 9.17) is 4.74 Å². The van der Waals surface area contributed by atoms with Crippen LogP contribution in [0.3, 0.4) is 0 Å². The summed E-state index contributed by atoms with van der Waals surface area (Å²) >= 11 is 0. The minimum absolute atomic E-state index is 0.124. The molecule has 0 radical (unpaired) electrons. The molecule has 0 bridgehead atoms. The van der Waals surface area contributed by atoms with Gasteiger partial charge in [-0.05, 0) is 53.8 Å². The number of fused-ring (bicyclic) bond motifs is 2. The van der Waals surface area contributed by atoms with E-state index in [9.17, 15) is 18.0 Å². The van der Waals surface area contributed by atoms with Crippen molar-refractivity contribution in [3.05, 3.63) is 84.9 Å². The molecule has 1 heterocycles. The van der Waals surface area contributed by atoms with Gasteiger partial charge in [0.25, 0.3) is 0 Å². The predicted molar refractivity (Wildman–Crippen MR) is 145 cm³/mol. The molecule has 4 aromatic rings. The number of ether oxygens (including phenoxy) is 1. The first-order valence-corrected chi connectivity index (χ1v) is 13.7. The summed E-state index contributed by atoms with van der Waals surface area (Å²) in [5, 5.41) is 1.79. The smallest absolute Gasteiger partial charge is 0.409 e. The lowest BCUT2D eigenvalue weighted by Crippen LogP contribution is -2.52. The zero-order chi connectivity index (χ0) is 26.3. The van der Waals surface area contributed by atoms with Gasteiger partial charge in [-0.2, -0.15) is 0 Å². The standard InChI is InChI=1S/C29H26N2O5S/c1-19-18-30(29(33)36-28-10-6-8-22-7-4-5-9-25(22)28)27-17-23(13-16-26(27)31(19)20(2)32)21-11-14-24(15-12-21)37(3,34)35/h4-17,19H,18H2,1-3H3/t19-/m0/s1. The topological polar surface area (TPSA) is 84.0 Å². The fraction of sp³-hybridized carbons (Fsp3) is 0.172. The van der Waals surface area contributed by atoms with E-state index < -0.39 is 15.9 Å². The summed E-state index contributed by atoms with van der Waals surface area (Å²) in [6, 6.07) is 25.0. The Morgan fingerprint density at radius 3 is 2.24 bits per heavy atom. The molecule has 0 saturated carbocycles. The average molecular weight is 515 g/mol. The van der Waals surface area contributed by atoms with Gasteiger partial charge in [0.05, 0.1) is 22.3 Å². The fourth-order valence-electron chi connectivity index (χ4n) is 4.79. The van der Waals surface area contributed by atoms with Gasteiger partial charge in [0, 0.05) is 25.1 Å². The summed E-state index contributed by atoms with van der Waals surface area (Å²) in [5.41, 5.74) is 2.71.